The van der Waals surface area contributed by atoms with Crippen molar-refractivity contribution in [2.45, 2.75) is 12.9 Å². The first-order chi connectivity index (χ1) is 11.6. The van der Waals surface area contributed by atoms with Gasteiger partial charge < -0.3 is 19.3 Å². The summed E-state index contributed by atoms with van der Waals surface area (Å²) >= 11 is 0. The normalized spacial score (nSPS) is 13.4. The molecule has 2 aromatic carbocycles. The van der Waals surface area contributed by atoms with E-state index in [-0.39, 0.29) is 12.2 Å². The van der Waals surface area contributed by atoms with Crippen LogP contribution in [0.5, 0.6) is 5.75 Å². The van der Waals surface area contributed by atoms with Gasteiger partial charge >= 0.3 is 5.97 Å². The smallest absolute Gasteiger partial charge is 0.338 e. The second kappa shape index (κ2) is 6.57. The molecule has 0 spiro atoms. The van der Waals surface area contributed by atoms with Crippen LogP contribution >= 0.6 is 0 Å². The second-order valence-electron chi connectivity index (χ2n) is 4.93. The summed E-state index contributed by atoms with van der Waals surface area (Å²) in [5, 5.41) is 9.01. The Balaban J connectivity index is 1.99. The highest BCUT2D eigenvalue weighted by atomic mass is 19.2. The van der Waals surface area contributed by atoms with Gasteiger partial charge in [0.05, 0.1) is 11.1 Å². The van der Waals surface area contributed by atoms with Gasteiger partial charge in [-0.15, -0.1) is 0 Å². The van der Waals surface area contributed by atoms with Crippen molar-refractivity contribution in [1.82, 2.24) is 0 Å². The summed E-state index contributed by atoms with van der Waals surface area (Å²) in [4.78, 5) is 11.1. The molecule has 0 fully saturated rings. The molecule has 124 valence electrons. The van der Waals surface area contributed by atoms with Crippen LogP contribution < -0.4 is 4.74 Å². The highest BCUT2D eigenvalue weighted by molar-refractivity contribution is 5.88. The maximum absolute atomic E-state index is 14.3. The van der Waals surface area contributed by atoms with Crippen molar-refractivity contribution in [3.05, 3.63) is 77.2 Å². The Kier molecular flexibility index (Phi) is 4.33. The molecule has 0 atom stereocenters. The molecule has 1 aliphatic rings. The Bertz CT molecular complexity index is 781. The maximum Gasteiger partial charge on any atom is 0.338 e. The first-order valence-electron chi connectivity index (χ1n) is 6.95. The lowest BCUT2D eigenvalue weighted by atomic mass is 10.1. The molecule has 0 unspecified atom stereocenters. The Morgan fingerprint density at radius 2 is 1.79 bits per heavy atom. The lowest BCUT2D eigenvalue weighted by Gasteiger charge is -2.18. The van der Waals surface area contributed by atoms with E-state index in [4.69, 9.17) is 19.3 Å². The molecule has 7 heteroatoms. The van der Waals surface area contributed by atoms with Crippen molar-refractivity contribution in [2.24, 2.45) is 0 Å². The Morgan fingerprint density at radius 3 is 2.42 bits per heavy atom. The Labute approximate surface area is 135 Å². The fourth-order valence-electron chi connectivity index (χ4n) is 2.22. The zero-order chi connectivity index (χ0) is 17.1. The molecule has 0 aliphatic carbocycles. The van der Waals surface area contributed by atoms with Crippen LogP contribution in [0.25, 0.3) is 0 Å². The number of ether oxygens (including phenoxy) is 3. The molecule has 0 radical (unpaired) electrons. The summed E-state index contributed by atoms with van der Waals surface area (Å²) in [5.74, 6) is -4.96. The molecule has 1 aliphatic heterocycles. The van der Waals surface area contributed by atoms with Crippen LogP contribution in [0.3, 0.4) is 0 Å². The molecule has 0 saturated heterocycles. The van der Waals surface area contributed by atoms with Gasteiger partial charge in [0.25, 0.3) is 6.29 Å². The van der Waals surface area contributed by atoms with Gasteiger partial charge in [0.15, 0.2) is 11.6 Å². The zero-order valence-electron chi connectivity index (χ0n) is 12.2. The van der Waals surface area contributed by atoms with Gasteiger partial charge in [0, 0.05) is 0 Å². The largest absolute Gasteiger partial charge is 0.485 e. The Morgan fingerprint density at radius 1 is 1.12 bits per heavy atom. The number of rotatable bonds is 5. The fraction of sp³-hybridized carbons (Fsp3) is 0.118. The Hall–Kier alpha value is -3.09. The van der Waals surface area contributed by atoms with Gasteiger partial charge in [-0.05, 0) is 11.6 Å². The highest BCUT2D eigenvalue weighted by Crippen LogP contribution is 2.37. The highest BCUT2D eigenvalue weighted by Gasteiger charge is 2.30. The third-order valence-corrected chi connectivity index (χ3v) is 3.36. The van der Waals surface area contributed by atoms with Crippen molar-refractivity contribution >= 4 is 5.97 Å². The second-order valence-corrected chi connectivity index (χ2v) is 4.93. The third-order valence-electron chi connectivity index (χ3n) is 3.36. The summed E-state index contributed by atoms with van der Waals surface area (Å²) in [6.45, 7) is -0.0310. The summed E-state index contributed by atoms with van der Waals surface area (Å²) in [6, 6.07) is 9.81. The monoisotopic (exact) mass is 334 g/mol. The number of aromatic carboxylic acids is 1. The molecular formula is C17H12F2O5. The van der Waals surface area contributed by atoms with E-state index in [1.807, 2.05) is 6.07 Å². The van der Waals surface area contributed by atoms with E-state index in [2.05, 4.69) is 0 Å². The van der Waals surface area contributed by atoms with Crippen molar-refractivity contribution in [2.75, 3.05) is 0 Å². The molecule has 0 saturated carbocycles. The number of benzene rings is 2. The number of carboxylic acid groups (broad SMARTS) is 1. The average molecular weight is 334 g/mol. The number of hydrogen-bond donors (Lipinski definition) is 1. The van der Waals surface area contributed by atoms with Gasteiger partial charge in [-0.2, -0.15) is 4.39 Å². The molecule has 5 nitrogen and oxygen atoms in total. The molecule has 0 aromatic heterocycles. The molecule has 24 heavy (non-hydrogen) atoms. The van der Waals surface area contributed by atoms with Crippen LogP contribution in [0.15, 0.2) is 48.9 Å². The van der Waals surface area contributed by atoms with Crippen LogP contribution in [0, 0.1) is 11.6 Å². The van der Waals surface area contributed by atoms with Crippen molar-refractivity contribution in [3.8, 4) is 5.75 Å². The molecule has 1 N–H and O–H groups in total. The van der Waals surface area contributed by atoms with Gasteiger partial charge in [0.2, 0.25) is 5.82 Å². The minimum atomic E-state index is -1.60. The topological polar surface area (TPSA) is 65.0 Å². The molecule has 0 amide bonds. The van der Waals surface area contributed by atoms with E-state index in [9.17, 15) is 13.6 Å². The van der Waals surface area contributed by atoms with E-state index >= 15 is 0 Å². The van der Waals surface area contributed by atoms with Gasteiger partial charge in [-0.25, -0.2) is 9.18 Å². The quantitative estimate of drug-likeness (QED) is 0.902. The number of carboxylic acids is 1. The van der Waals surface area contributed by atoms with Crippen molar-refractivity contribution in [3.63, 3.8) is 0 Å². The molecule has 3 rings (SSSR count). The zero-order valence-corrected chi connectivity index (χ0v) is 12.2. The van der Waals surface area contributed by atoms with Crippen LogP contribution in [0.4, 0.5) is 8.78 Å². The van der Waals surface area contributed by atoms with Crippen LogP contribution in [0.2, 0.25) is 0 Å². The number of halogens is 2. The van der Waals surface area contributed by atoms with E-state index in [0.29, 0.717) is 0 Å². The summed E-state index contributed by atoms with van der Waals surface area (Å²) in [6.07, 6.45) is 1.32. The fourth-order valence-corrected chi connectivity index (χ4v) is 2.22. The summed E-state index contributed by atoms with van der Waals surface area (Å²) in [7, 11) is 0. The predicted molar refractivity (Wildman–Crippen MR) is 78.1 cm³/mol. The lowest BCUT2D eigenvalue weighted by molar-refractivity contribution is -0.0271. The lowest BCUT2D eigenvalue weighted by Crippen LogP contribution is -2.12. The standard InChI is InChI=1S/C17H12F2O5/c18-13-11(16(20)21)8-12(17-22-6-7-23-17)15(14(13)19)24-9-10-4-2-1-3-5-10/h1-8,17H,9H2,(H,20,21). The van der Waals surface area contributed by atoms with Crippen molar-refractivity contribution < 1.29 is 32.9 Å². The summed E-state index contributed by atoms with van der Waals surface area (Å²) < 4.78 is 43.9. The van der Waals surface area contributed by atoms with Gasteiger partial charge in [-0.1, -0.05) is 30.3 Å². The maximum atomic E-state index is 14.3. The first-order valence-corrected chi connectivity index (χ1v) is 6.95. The van der Waals surface area contributed by atoms with E-state index in [1.165, 1.54) is 12.5 Å². The van der Waals surface area contributed by atoms with Gasteiger partial charge in [-0.3, -0.25) is 0 Å². The molecule has 2 aromatic rings. The van der Waals surface area contributed by atoms with E-state index in [1.54, 1.807) is 24.3 Å². The average Bonchev–Trinajstić information content (AvgIpc) is 3.11. The minimum Gasteiger partial charge on any atom is -0.485 e. The van der Waals surface area contributed by atoms with Crippen molar-refractivity contribution in [1.29, 1.82) is 0 Å². The van der Waals surface area contributed by atoms with E-state index < -0.39 is 35.2 Å². The summed E-state index contributed by atoms with van der Waals surface area (Å²) in [5.41, 5.74) is -0.141. The molecule has 1 heterocycles. The number of hydrogen-bond acceptors (Lipinski definition) is 4. The van der Waals surface area contributed by atoms with Crippen LogP contribution in [-0.2, 0) is 16.1 Å². The number of carbonyl (C=O) groups is 1. The minimum absolute atomic E-state index is 0.0310. The first kappa shape index (κ1) is 15.8. The van der Waals surface area contributed by atoms with Gasteiger partial charge in [0.1, 0.15) is 19.1 Å². The predicted octanol–water partition coefficient (Wildman–Crippen LogP) is 3.76. The SMILES string of the molecule is O=C(O)c1cc(C2OC=CO2)c(OCc2ccccc2)c(F)c1F. The van der Waals surface area contributed by atoms with Crippen LogP contribution in [-0.4, -0.2) is 11.1 Å². The molecule has 0 bridgehead atoms. The third kappa shape index (κ3) is 3.01. The van der Waals surface area contributed by atoms with E-state index in [0.717, 1.165) is 11.6 Å². The molecular weight excluding hydrogens is 322 g/mol. The van der Waals surface area contributed by atoms with Crippen LogP contribution in [0.1, 0.15) is 27.8 Å².